The van der Waals surface area contributed by atoms with Crippen LogP contribution in [0.1, 0.15) is 13.3 Å². The van der Waals surface area contributed by atoms with Crippen LogP contribution >= 0.6 is 0 Å². The van der Waals surface area contributed by atoms with Crippen LogP contribution in [0.25, 0.3) is 0 Å². The van der Waals surface area contributed by atoms with Crippen molar-refractivity contribution >= 4 is 12.0 Å². The van der Waals surface area contributed by atoms with Crippen LogP contribution in [-0.4, -0.2) is 53.1 Å². The molecule has 0 radical (unpaired) electrons. The van der Waals surface area contributed by atoms with E-state index in [1.54, 1.807) is 6.08 Å². The second kappa shape index (κ2) is 8.22. The third-order valence-electron chi connectivity index (χ3n) is 1.99. The van der Waals surface area contributed by atoms with Crippen molar-refractivity contribution in [3.63, 3.8) is 0 Å². The fourth-order valence-electron chi connectivity index (χ4n) is 1.36. The van der Waals surface area contributed by atoms with Gasteiger partial charge in [-0.25, -0.2) is 4.79 Å². The van der Waals surface area contributed by atoms with Crippen LogP contribution in [0.3, 0.4) is 0 Å². The Balaban J connectivity index is 4.69. The number of nitrogens with zero attached hydrogens (tertiary/aromatic N) is 2. The standard InChI is InChI=1S/C12H18N2O3/c1-4-7-13(8-5-2)12(17)14(9-6-3)10-11(15)16/h3-4H,1,5,7-10H2,2H3,(H,15,16). The van der Waals surface area contributed by atoms with E-state index in [0.717, 1.165) is 11.3 Å². The number of carbonyl (C=O) groups excluding carboxylic acids is 1. The quantitative estimate of drug-likeness (QED) is 0.532. The summed E-state index contributed by atoms with van der Waals surface area (Å²) in [6.45, 7) is 6.03. The molecule has 0 saturated carbocycles. The molecule has 0 aromatic rings. The van der Waals surface area contributed by atoms with Gasteiger partial charge >= 0.3 is 12.0 Å². The van der Waals surface area contributed by atoms with Gasteiger partial charge in [0, 0.05) is 13.1 Å². The molecule has 0 fully saturated rings. The van der Waals surface area contributed by atoms with Gasteiger partial charge in [-0.05, 0) is 6.42 Å². The predicted molar refractivity (Wildman–Crippen MR) is 65.5 cm³/mol. The lowest BCUT2D eigenvalue weighted by Crippen LogP contribution is -2.45. The zero-order chi connectivity index (χ0) is 13.3. The Bertz CT molecular complexity index is 320. The summed E-state index contributed by atoms with van der Waals surface area (Å²) in [4.78, 5) is 25.3. The normalized spacial score (nSPS) is 9.18. The second-order valence-corrected chi connectivity index (χ2v) is 3.47. The molecule has 0 aliphatic heterocycles. The summed E-state index contributed by atoms with van der Waals surface area (Å²) in [6.07, 6.45) is 7.50. The molecule has 0 saturated heterocycles. The molecule has 0 atom stereocenters. The molecule has 5 nitrogen and oxygen atoms in total. The summed E-state index contributed by atoms with van der Waals surface area (Å²) in [6, 6.07) is -0.368. The fraction of sp³-hybridized carbons (Fsp3) is 0.500. The van der Waals surface area contributed by atoms with Gasteiger partial charge in [0.05, 0.1) is 6.54 Å². The number of carboxylic acids is 1. The molecule has 0 bridgehead atoms. The summed E-state index contributed by atoms with van der Waals surface area (Å²) in [5, 5.41) is 8.70. The predicted octanol–water partition coefficient (Wildman–Crippen LogP) is 1.02. The maximum Gasteiger partial charge on any atom is 0.323 e. The molecule has 94 valence electrons. The Morgan fingerprint density at radius 3 is 2.53 bits per heavy atom. The van der Waals surface area contributed by atoms with E-state index in [9.17, 15) is 9.59 Å². The molecule has 0 rings (SSSR count). The highest BCUT2D eigenvalue weighted by molar-refractivity contribution is 5.80. The minimum atomic E-state index is -1.08. The lowest BCUT2D eigenvalue weighted by Gasteiger charge is -2.27. The number of hydrogen-bond acceptors (Lipinski definition) is 2. The minimum absolute atomic E-state index is 0.0114. The number of carbonyl (C=O) groups is 2. The van der Waals surface area contributed by atoms with Crippen molar-refractivity contribution in [1.82, 2.24) is 9.80 Å². The van der Waals surface area contributed by atoms with Gasteiger partial charge in [-0.15, -0.1) is 13.0 Å². The Morgan fingerprint density at radius 1 is 1.47 bits per heavy atom. The van der Waals surface area contributed by atoms with Crippen LogP contribution in [0.4, 0.5) is 4.79 Å². The van der Waals surface area contributed by atoms with Crippen molar-refractivity contribution in [2.45, 2.75) is 13.3 Å². The average Bonchev–Trinajstić information content (AvgIpc) is 2.27. The van der Waals surface area contributed by atoms with Crippen LogP contribution < -0.4 is 0 Å². The Hall–Kier alpha value is -1.96. The van der Waals surface area contributed by atoms with E-state index in [1.807, 2.05) is 6.92 Å². The first-order valence-electron chi connectivity index (χ1n) is 5.36. The molecule has 0 aliphatic rings. The molecular formula is C12H18N2O3. The smallest absolute Gasteiger partial charge is 0.323 e. The number of carboxylic acid groups (broad SMARTS) is 1. The third kappa shape index (κ3) is 5.61. The zero-order valence-corrected chi connectivity index (χ0v) is 10.1. The summed E-state index contributed by atoms with van der Waals surface area (Å²) in [7, 11) is 0. The first kappa shape index (κ1) is 15.0. The molecule has 0 aromatic carbocycles. The van der Waals surface area contributed by atoms with E-state index < -0.39 is 5.97 Å². The van der Waals surface area contributed by atoms with Crippen LogP contribution in [0, 0.1) is 12.3 Å². The Morgan fingerprint density at radius 2 is 2.12 bits per heavy atom. The van der Waals surface area contributed by atoms with Crippen LogP contribution in [0.15, 0.2) is 12.7 Å². The van der Waals surface area contributed by atoms with E-state index in [4.69, 9.17) is 11.5 Å². The van der Waals surface area contributed by atoms with E-state index in [0.29, 0.717) is 13.1 Å². The van der Waals surface area contributed by atoms with Gasteiger partial charge in [-0.2, -0.15) is 0 Å². The molecule has 0 aromatic heterocycles. The van der Waals surface area contributed by atoms with Gasteiger partial charge in [0.15, 0.2) is 0 Å². The molecule has 0 unspecified atom stereocenters. The lowest BCUT2D eigenvalue weighted by molar-refractivity contribution is -0.137. The summed E-state index contributed by atoms with van der Waals surface area (Å²) in [5.74, 6) is 1.20. The van der Waals surface area contributed by atoms with Crippen molar-refractivity contribution in [2.75, 3.05) is 26.2 Å². The topological polar surface area (TPSA) is 60.9 Å². The third-order valence-corrected chi connectivity index (χ3v) is 1.99. The number of aliphatic carboxylic acids is 1. The van der Waals surface area contributed by atoms with E-state index in [2.05, 4.69) is 12.5 Å². The molecule has 0 aliphatic carbocycles. The maximum atomic E-state index is 12.0. The molecule has 1 N–H and O–H groups in total. The first-order valence-corrected chi connectivity index (χ1v) is 5.36. The number of urea groups is 1. The van der Waals surface area contributed by atoms with Crippen LogP contribution in [0.2, 0.25) is 0 Å². The van der Waals surface area contributed by atoms with Crippen LogP contribution in [0.5, 0.6) is 0 Å². The number of amides is 2. The van der Waals surface area contributed by atoms with Gasteiger partial charge < -0.3 is 14.9 Å². The zero-order valence-electron chi connectivity index (χ0n) is 10.1. The van der Waals surface area contributed by atoms with Gasteiger partial charge in [-0.3, -0.25) is 4.79 Å². The maximum absolute atomic E-state index is 12.0. The van der Waals surface area contributed by atoms with Crippen molar-refractivity contribution in [1.29, 1.82) is 0 Å². The largest absolute Gasteiger partial charge is 0.480 e. The van der Waals surface area contributed by atoms with Gasteiger partial charge in [-0.1, -0.05) is 18.9 Å². The summed E-state index contributed by atoms with van der Waals surface area (Å²) in [5.41, 5.74) is 0. The second-order valence-electron chi connectivity index (χ2n) is 3.47. The molecule has 17 heavy (non-hydrogen) atoms. The van der Waals surface area contributed by atoms with Gasteiger partial charge in [0.1, 0.15) is 6.54 Å². The van der Waals surface area contributed by atoms with E-state index in [-0.39, 0.29) is 19.1 Å². The molecule has 2 amide bonds. The summed E-state index contributed by atoms with van der Waals surface area (Å²) < 4.78 is 0. The van der Waals surface area contributed by atoms with E-state index in [1.165, 1.54) is 4.90 Å². The SMILES string of the molecule is C#CCN(CC(=O)O)C(=O)N(CC=C)CCC. The average molecular weight is 238 g/mol. The highest BCUT2D eigenvalue weighted by atomic mass is 16.4. The van der Waals surface area contributed by atoms with E-state index >= 15 is 0 Å². The van der Waals surface area contributed by atoms with Gasteiger partial charge in [0.25, 0.3) is 0 Å². The highest BCUT2D eigenvalue weighted by Crippen LogP contribution is 2.01. The first-order chi connectivity index (χ1) is 8.06. The molecule has 0 heterocycles. The highest BCUT2D eigenvalue weighted by Gasteiger charge is 2.20. The molecule has 0 spiro atoms. The number of rotatable bonds is 7. The minimum Gasteiger partial charge on any atom is -0.480 e. The van der Waals surface area contributed by atoms with Gasteiger partial charge in [0.2, 0.25) is 0 Å². The fourth-order valence-corrected chi connectivity index (χ4v) is 1.36. The lowest BCUT2D eigenvalue weighted by atomic mass is 10.4. The van der Waals surface area contributed by atoms with Crippen molar-refractivity contribution in [3.8, 4) is 12.3 Å². The molecular weight excluding hydrogens is 220 g/mol. The van der Waals surface area contributed by atoms with Crippen molar-refractivity contribution in [2.24, 2.45) is 0 Å². The number of terminal acetylenes is 1. The Kier molecular flexibility index (Phi) is 7.27. The number of hydrogen-bond donors (Lipinski definition) is 1. The van der Waals surface area contributed by atoms with Crippen molar-refractivity contribution in [3.05, 3.63) is 12.7 Å². The molecule has 5 heteroatoms. The monoisotopic (exact) mass is 238 g/mol. The Labute approximate surface area is 102 Å². The van der Waals surface area contributed by atoms with Crippen molar-refractivity contribution < 1.29 is 14.7 Å². The van der Waals surface area contributed by atoms with Crippen LogP contribution in [-0.2, 0) is 4.79 Å². The summed E-state index contributed by atoms with van der Waals surface area (Å²) >= 11 is 0.